The van der Waals surface area contributed by atoms with E-state index < -0.39 is 24.2 Å². The van der Waals surface area contributed by atoms with E-state index in [1.165, 1.54) is 0 Å². The van der Waals surface area contributed by atoms with Crippen LogP contribution in [-0.4, -0.2) is 85.6 Å². The molecule has 3 unspecified atom stereocenters. The SMILES string of the molecule is CCOc1cccc(OCC)c1C(C(N)=O)N1CCN(CC(O)C2COc3ccccc3O2)CC1. The van der Waals surface area contributed by atoms with Crippen LogP contribution in [-0.2, 0) is 4.79 Å². The van der Waals surface area contributed by atoms with Gasteiger partial charge in [0, 0.05) is 32.7 Å². The topological polar surface area (TPSA) is 107 Å². The van der Waals surface area contributed by atoms with Crippen molar-refractivity contribution in [2.24, 2.45) is 5.73 Å². The third kappa shape index (κ3) is 5.80. The summed E-state index contributed by atoms with van der Waals surface area (Å²) in [4.78, 5) is 16.9. The van der Waals surface area contributed by atoms with Crippen molar-refractivity contribution < 1.29 is 28.8 Å². The minimum absolute atomic E-state index is 0.302. The van der Waals surface area contributed by atoms with Crippen molar-refractivity contribution >= 4 is 5.91 Å². The van der Waals surface area contributed by atoms with Gasteiger partial charge in [0.25, 0.3) is 0 Å². The molecule has 2 aliphatic rings. The lowest BCUT2D eigenvalue weighted by Gasteiger charge is -2.40. The maximum Gasteiger partial charge on any atom is 0.239 e. The lowest BCUT2D eigenvalue weighted by atomic mass is 10.0. The van der Waals surface area contributed by atoms with Gasteiger partial charge in [0.1, 0.15) is 30.3 Å². The molecular weight excluding hydrogens is 450 g/mol. The van der Waals surface area contributed by atoms with E-state index in [-0.39, 0.29) is 0 Å². The Balaban J connectivity index is 1.40. The van der Waals surface area contributed by atoms with Gasteiger partial charge in [0.05, 0.1) is 18.8 Å². The van der Waals surface area contributed by atoms with Crippen LogP contribution in [0, 0.1) is 0 Å². The fourth-order valence-electron chi connectivity index (χ4n) is 4.67. The van der Waals surface area contributed by atoms with Gasteiger partial charge in [-0.3, -0.25) is 14.6 Å². The van der Waals surface area contributed by atoms with Gasteiger partial charge in [0.2, 0.25) is 5.91 Å². The predicted molar refractivity (Wildman–Crippen MR) is 131 cm³/mol. The molecule has 4 rings (SSSR count). The van der Waals surface area contributed by atoms with E-state index in [0.29, 0.717) is 81.1 Å². The van der Waals surface area contributed by atoms with Gasteiger partial charge in [-0.2, -0.15) is 0 Å². The Labute approximate surface area is 206 Å². The molecule has 0 aromatic heterocycles. The highest BCUT2D eigenvalue weighted by molar-refractivity contribution is 5.83. The summed E-state index contributed by atoms with van der Waals surface area (Å²) in [6, 6.07) is 12.3. The van der Waals surface area contributed by atoms with Crippen LogP contribution in [0.5, 0.6) is 23.0 Å². The number of nitrogens with two attached hydrogens (primary N) is 1. The summed E-state index contributed by atoms with van der Waals surface area (Å²) in [5.74, 6) is 2.11. The molecule has 0 aliphatic carbocycles. The van der Waals surface area contributed by atoms with Crippen molar-refractivity contribution in [3.63, 3.8) is 0 Å². The molecule has 9 heteroatoms. The van der Waals surface area contributed by atoms with Crippen molar-refractivity contribution in [1.29, 1.82) is 0 Å². The van der Waals surface area contributed by atoms with Crippen LogP contribution in [0.1, 0.15) is 25.5 Å². The van der Waals surface area contributed by atoms with Crippen LogP contribution in [0.25, 0.3) is 0 Å². The number of nitrogens with zero attached hydrogens (tertiary/aromatic N) is 2. The quantitative estimate of drug-likeness (QED) is 0.525. The van der Waals surface area contributed by atoms with E-state index in [4.69, 9.17) is 24.7 Å². The average molecular weight is 486 g/mol. The number of β-amino-alcohol motifs (C(OH)–C–C–N with tert-alkyl or cyclic N) is 1. The second kappa shape index (κ2) is 11.6. The van der Waals surface area contributed by atoms with Crippen LogP contribution in [0.3, 0.4) is 0 Å². The van der Waals surface area contributed by atoms with Crippen molar-refractivity contribution in [3.05, 3.63) is 48.0 Å². The molecule has 9 nitrogen and oxygen atoms in total. The molecule has 1 saturated heterocycles. The zero-order chi connectivity index (χ0) is 24.8. The Morgan fingerprint density at radius 1 is 1.03 bits per heavy atom. The first kappa shape index (κ1) is 25.1. The molecule has 2 aromatic rings. The van der Waals surface area contributed by atoms with Crippen LogP contribution in [0.4, 0.5) is 0 Å². The number of carbonyl (C=O) groups excluding carboxylic acids is 1. The van der Waals surface area contributed by atoms with Crippen molar-refractivity contribution in [2.45, 2.75) is 32.1 Å². The van der Waals surface area contributed by atoms with Crippen LogP contribution in [0.15, 0.2) is 42.5 Å². The van der Waals surface area contributed by atoms with Crippen LogP contribution in [0.2, 0.25) is 0 Å². The molecule has 35 heavy (non-hydrogen) atoms. The van der Waals surface area contributed by atoms with Gasteiger partial charge in [-0.15, -0.1) is 0 Å². The highest BCUT2D eigenvalue weighted by Gasteiger charge is 2.35. The first-order valence-electron chi connectivity index (χ1n) is 12.2. The highest BCUT2D eigenvalue weighted by atomic mass is 16.6. The number of hydrogen-bond donors (Lipinski definition) is 2. The van der Waals surface area contributed by atoms with E-state index in [0.717, 1.165) is 0 Å². The molecule has 0 bridgehead atoms. The highest BCUT2D eigenvalue weighted by Crippen LogP contribution is 2.38. The molecule has 2 aliphatic heterocycles. The number of piperazine rings is 1. The monoisotopic (exact) mass is 485 g/mol. The molecule has 2 heterocycles. The Morgan fingerprint density at radius 2 is 1.66 bits per heavy atom. The van der Waals surface area contributed by atoms with Crippen molar-refractivity contribution in [3.8, 4) is 23.0 Å². The Kier molecular flexibility index (Phi) is 8.33. The molecule has 3 N–H and O–H groups in total. The van der Waals surface area contributed by atoms with Gasteiger partial charge < -0.3 is 29.8 Å². The summed E-state index contributed by atoms with van der Waals surface area (Å²) in [7, 11) is 0. The fourth-order valence-corrected chi connectivity index (χ4v) is 4.67. The summed E-state index contributed by atoms with van der Waals surface area (Å²) < 4.78 is 23.4. The number of para-hydroxylation sites is 2. The molecule has 190 valence electrons. The van der Waals surface area contributed by atoms with Crippen LogP contribution >= 0.6 is 0 Å². The van der Waals surface area contributed by atoms with E-state index in [2.05, 4.69) is 9.80 Å². The molecule has 0 radical (unpaired) electrons. The lowest BCUT2D eigenvalue weighted by molar-refractivity contribution is -0.124. The van der Waals surface area contributed by atoms with E-state index in [9.17, 15) is 9.90 Å². The number of ether oxygens (including phenoxy) is 4. The number of carbonyl (C=O) groups is 1. The largest absolute Gasteiger partial charge is 0.493 e. The normalized spacial score (nSPS) is 20.1. The summed E-state index contributed by atoms with van der Waals surface area (Å²) in [6.45, 7) is 8.06. The van der Waals surface area contributed by atoms with Gasteiger partial charge in [-0.05, 0) is 38.1 Å². The zero-order valence-electron chi connectivity index (χ0n) is 20.4. The minimum atomic E-state index is -0.704. The minimum Gasteiger partial charge on any atom is -0.493 e. The smallest absolute Gasteiger partial charge is 0.239 e. The number of primary amides is 1. The Bertz CT molecular complexity index is 971. The zero-order valence-corrected chi connectivity index (χ0v) is 20.4. The van der Waals surface area contributed by atoms with Gasteiger partial charge in [-0.1, -0.05) is 18.2 Å². The number of amides is 1. The van der Waals surface area contributed by atoms with Crippen molar-refractivity contribution in [2.75, 3.05) is 52.5 Å². The second-order valence-corrected chi connectivity index (χ2v) is 8.66. The summed E-state index contributed by atoms with van der Waals surface area (Å²) >= 11 is 0. The average Bonchev–Trinajstić information content (AvgIpc) is 2.86. The first-order valence-corrected chi connectivity index (χ1v) is 12.2. The number of aliphatic hydroxyl groups excluding tert-OH is 1. The molecule has 1 fully saturated rings. The van der Waals surface area contributed by atoms with Crippen molar-refractivity contribution in [1.82, 2.24) is 9.80 Å². The molecule has 2 aromatic carbocycles. The van der Waals surface area contributed by atoms with Gasteiger partial charge in [-0.25, -0.2) is 0 Å². The van der Waals surface area contributed by atoms with Gasteiger partial charge in [0.15, 0.2) is 17.6 Å². The third-order valence-corrected chi connectivity index (χ3v) is 6.35. The third-order valence-electron chi connectivity index (χ3n) is 6.35. The second-order valence-electron chi connectivity index (χ2n) is 8.66. The summed E-state index contributed by atoms with van der Waals surface area (Å²) in [5, 5.41) is 10.8. The number of rotatable bonds is 10. The number of aliphatic hydroxyl groups is 1. The maximum absolute atomic E-state index is 12.7. The lowest BCUT2D eigenvalue weighted by Crippen LogP contribution is -2.54. The molecule has 3 atom stereocenters. The molecular formula is C26H35N3O6. The summed E-state index contributed by atoms with van der Waals surface area (Å²) in [5.41, 5.74) is 6.58. The van der Waals surface area contributed by atoms with E-state index >= 15 is 0 Å². The number of benzene rings is 2. The molecule has 0 saturated carbocycles. The predicted octanol–water partition coefficient (Wildman–Crippen LogP) is 1.83. The van der Waals surface area contributed by atoms with E-state index in [1.807, 2.05) is 56.3 Å². The number of hydrogen-bond acceptors (Lipinski definition) is 8. The van der Waals surface area contributed by atoms with E-state index in [1.54, 1.807) is 0 Å². The number of fused-ring (bicyclic) bond motifs is 1. The Morgan fingerprint density at radius 3 is 2.26 bits per heavy atom. The molecule has 1 amide bonds. The standard InChI is InChI=1S/C26H35N3O6/c1-3-32-21-10-7-11-22(33-4-2)24(21)25(26(27)31)29-14-12-28(13-15-29)16-18(30)23-17-34-19-8-5-6-9-20(19)35-23/h5-11,18,23,25,30H,3-4,12-17H2,1-2H3,(H2,27,31). The summed E-state index contributed by atoms with van der Waals surface area (Å²) in [6.07, 6.45) is -1.14. The van der Waals surface area contributed by atoms with Crippen LogP contribution < -0.4 is 24.7 Å². The Hall–Kier alpha value is -3.01. The molecule has 0 spiro atoms. The maximum atomic E-state index is 12.7. The fraction of sp³-hybridized carbons (Fsp3) is 0.500. The first-order chi connectivity index (χ1) is 17.0. The van der Waals surface area contributed by atoms with Gasteiger partial charge >= 0.3 is 0 Å².